The van der Waals surface area contributed by atoms with Crippen molar-refractivity contribution in [3.05, 3.63) is 48.5 Å². The zero-order valence-electron chi connectivity index (χ0n) is 13.5. The fourth-order valence-electron chi connectivity index (χ4n) is 1.73. The van der Waals surface area contributed by atoms with Gasteiger partial charge in [0.1, 0.15) is 0 Å². The molecule has 2 aromatic carbocycles. The SMILES string of the molecule is CCOCSc1ccc(Sc2ccc(SCOCC)cc2)cc1. The highest BCUT2D eigenvalue weighted by Crippen LogP contribution is 2.31. The van der Waals surface area contributed by atoms with Gasteiger partial charge in [0, 0.05) is 32.8 Å². The summed E-state index contributed by atoms with van der Waals surface area (Å²) in [5.74, 6) is 1.42. The van der Waals surface area contributed by atoms with Crippen molar-refractivity contribution in [2.75, 3.05) is 25.1 Å². The molecule has 5 heteroatoms. The maximum absolute atomic E-state index is 5.36. The third-order valence-electron chi connectivity index (χ3n) is 2.91. The maximum Gasteiger partial charge on any atom is 0.0966 e. The van der Waals surface area contributed by atoms with Gasteiger partial charge in [-0.1, -0.05) is 35.3 Å². The molecule has 0 aromatic heterocycles. The third-order valence-corrected chi connectivity index (χ3v) is 5.71. The molecule has 124 valence electrons. The molecule has 23 heavy (non-hydrogen) atoms. The minimum absolute atomic E-state index is 0.712. The summed E-state index contributed by atoms with van der Waals surface area (Å²) in [6, 6.07) is 17.3. The molecule has 0 N–H and O–H groups in total. The lowest BCUT2D eigenvalue weighted by atomic mass is 10.4. The van der Waals surface area contributed by atoms with Crippen LogP contribution in [0.4, 0.5) is 0 Å². The van der Waals surface area contributed by atoms with E-state index >= 15 is 0 Å². The molecule has 0 heterocycles. The molecule has 0 radical (unpaired) electrons. The largest absolute Gasteiger partial charge is 0.371 e. The maximum atomic E-state index is 5.36. The number of thioether (sulfide) groups is 2. The normalized spacial score (nSPS) is 10.9. The Kier molecular flexibility index (Phi) is 9.01. The molecule has 0 amide bonds. The van der Waals surface area contributed by atoms with E-state index in [4.69, 9.17) is 9.47 Å². The van der Waals surface area contributed by atoms with Crippen LogP contribution >= 0.6 is 35.3 Å². The van der Waals surface area contributed by atoms with Gasteiger partial charge in [-0.2, -0.15) is 0 Å². The average Bonchev–Trinajstić information content (AvgIpc) is 2.58. The second-order valence-corrected chi connectivity index (χ2v) is 7.69. The minimum Gasteiger partial charge on any atom is -0.371 e. The first-order chi connectivity index (χ1) is 11.3. The van der Waals surface area contributed by atoms with E-state index in [9.17, 15) is 0 Å². The number of hydrogen-bond acceptors (Lipinski definition) is 5. The lowest BCUT2D eigenvalue weighted by Crippen LogP contribution is -1.87. The number of ether oxygens (including phenoxy) is 2. The highest BCUT2D eigenvalue weighted by atomic mass is 32.2. The summed E-state index contributed by atoms with van der Waals surface area (Å²) < 4.78 is 10.7. The van der Waals surface area contributed by atoms with E-state index in [0.29, 0.717) is 11.9 Å². The predicted molar refractivity (Wildman–Crippen MR) is 102 cm³/mol. The molecule has 2 rings (SSSR count). The van der Waals surface area contributed by atoms with Crippen LogP contribution in [-0.2, 0) is 9.47 Å². The Labute approximate surface area is 151 Å². The molecule has 2 nitrogen and oxygen atoms in total. The van der Waals surface area contributed by atoms with Gasteiger partial charge < -0.3 is 9.47 Å². The van der Waals surface area contributed by atoms with Gasteiger partial charge in [-0.3, -0.25) is 0 Å². The van der Waals surface area contributed by atoms with Crippen LogP contribution in [0.1, 0.15) is 13.8 Å². The Morgan fingerprint density at radius 2 is 0.957 bits per heavy atom. The molecule has 2 aromatic rings. The molecule has 0 saturated carbocycles. The summed E-state index contributed by atoms with van der Waals surface area (Å²) in [4.78, 5) is 4.98. The zero-order chi connectivity index (χ0) is 16.3. The number of rotatable bonds is 10. The van der Waals surface area contributed by atoms with Crippen molar-refractivity contribution in [2.24, 2.45) is 0 Å². The van der Waals surface area contributed by atoms with Crippen LogP contribution in [0, 0.1) is 0 Å². The molecule has 0 bridgehead atoms. The quantitative estimate of drug-likeness (QED) is 0.290. The van der Waals surface area contributed by atoms with Gasteiger partial charge in [-0.15, -0.1) is 0 Å². The lowest BCUT2D eigenvalue weighted by molar-refractivity contribution is 0.199. The first-order valence-electron chi connectivity index (χ1n) is 7.61. The average molecular weight is 367 g/mol. The molecule has 0 aliphatic heterocycles. The molecule has 0 aliphatic carbocycles. The first-order valence-corrected chi connectivity index (χ1v) is 10.4. The van der Waals surface area contributed by atoms with Crippen molar-refractivity contribution in [3.63, 3.8) is 0 Å². The minimum atomic E-state index is 0.712. The van der Waals surface area contributed by atoms with Crippen LogP contribution in [-0.4, -0.2) is 25.1 Å². The summed E-state index contributed by atoms with van der Waals surface area (Å²) in [6.45, 7) is 5.56. The van der Waals surface area contributed by atoms with E-state index in [1.807, 2.05) is 13.8 Å². The highest BCUT2D eigenvalue weighted by molar-refractivity contribution is 8.00. The van der Waals surface area contributed by atoms with Crippen molar-refractivity contribution in [1.82, 2.24) is 0 Å². The van der Waals surface area contributed by atoms with Crippen LogP contribution in [0.15, 0.2) is 68.1 Å². The van der Waals surface area contributed by atoms with E-state index in [0.717, 1.165) is 13.2 Å². The molecular weight excluding hydrogens is 344 g/mol. The predicted octanol–water partition coefficient (Wildman–Crippen LogP) is 6.01. The first kappa shape index (κ1) is 18.7. The lowest BCUT2D eigenvalue weighted by Gasteiger charge is -2.06. The summed E-state index contributed by atoms with van der Waals surface area (Å²) in [5.41, 5.74) is 0. The van der Waals surface area contributed by atoms with Crippen LogP contribution in [0.2, 0.25) is 0 Å². The van der Waals surface area contributed by atoms with E-state index in [1.165, 1.54) is 19.6 Å². The Balaban J connectivity index is 1.84. The second kappa shape index (κ2) is 11.0. The van der Waals surface area contributed by atoms with Gasteiger partial charge >= 0.3 is 0 Å². The Hall–Kier alpha value is -0.590. The van der Waals surface area contributed by atoms with Gasteiger partial charge in [-0.25, -0.2) is 0 Å². The van der Waals surface area contributed by atoms with Crippen LogP contribution in [0.25, 0.3) is 0 Å². The second-order valence-electron chi connectivity index (χ2n) is 4.55. The van der Waals surface area contributed by atoms with Crippen LogP contribution in [0.3, 0.4) is 0 Å². The summed E-state index contributed by atoms with van der Waals surface area (Å²) in [7, 11) is 0. The molecular formula is C18H22O2S3. The van der Waals surface area contributed by atoms with E-state index in [1.54, 1.807) is 35.3 Å². The molecule has 0 unspecified atom stereocenters. The van der Waals surface area contributed by atoms with Crippen LogP contribution < -0.4 is 0 Å². The van der Waals surface area contributed by atoms with Gasteiger partial charge in [0.05, 0.1) is 11.9 Å². The van der Waals surface area contributed by atoms with Crippen molar-refractivity contribution in [2.45, 2.75) is 33.4 Å². The summed E-state index contributed by atoms with van der Waals surface area (Å²) >= 11 is 5.23. The van der Waals surface area contributed by atoms with Gasteiger partial charge in [0.25, 0.3) is 0 Å². The Morgan fingerprint density at radius 1 is 0.609 bits per heavy atom. The number of hydrogen-bond donors (Lipinski definition) is 0. The Bertz CT molecular complexity index is 504. The van der Waals surface area contributed by atoms with E-state index in [-0.39, 0.29) is 0 Å². The smallest absolute Gasteiger partial charge is 0.0966 e. The summed E-state index contributed by atoms with van der Waals surface area (Å²) in [5, 5.41) is 0. The van der Waals surface area contributed by atoms with Crippen LogP contribution in [0.5, 0.6) is 0 Å². The molecule has 0 atom stereocenters. The van der Waals surface area contributed by atoms with Gasteiger partial charge in [0.2, 0.25) is 0 Å². The van der Waals surface area contributed by atoms with Crippen molar-refractivity contribution in [1.29, 1.82) is 0 Å². The van der Waals surface area contributed by atoms with Crippen molar-refractivity contribution < 1.29 is 9.47 Å². The number of benzene rings is 2. The monoisotopic (exact) mass is 366 g/mol. The van der Waals surface area contributed by atoms with E-state index < -0.39 is 0 Å². The highest BCUT2D eigenvalue weighted by Gasteiger charge is 2.00. The molecule has 0 saturated heterocycles. The standard InChI is InChI=1S/C18H22O2S3/c1-3-19-13-21-15-5-9-17(10-6-15)23-18-11-7-16(8-12-18)22-14-20-4-2/h5-12H,3-4,13-14H2,1-2H3. The summed E-state index contributed by atoms with van der Waals surface area (Å²) in [6.07, 6.45) is 0. The molecule has 0 fully saturated rings. The molecule has 0 aliphatic rings. The van der Waals surface area contributed by atoms with Crippen molar-refractivity contribution in [3.8, 4) is 0 Å². The van der Waals surface area contributed by atoms with E-state index in [2.05, 4.69) is 48.5 Å². The molecule has 0 spiro atoms. The zero-order valence-corrected chi connectivity index (χ0v) is 15.9. The topological polar surface area (TPSA) is 18.5 Å². The Morgan fingerprint density at radius 3 is 1.30 bits per heavy atom. The fourth-order valence-corrected chi connectivity index (χ4v) is 3.98. The van der Waals surface area contributed by atoms with Gasteiger partial charge in [0.15, 0.2) is 0 Å². The fraction of sp³-hybridized carbons (Fsp3) is 0.333. The van der Waals surface area contributed by atoms with Gasteiger partial charge in [-0.05, 0) is 62.4 Å². The van der Waals surface area contributed by atoms with Crippen molar-refractivity contribution >= 4 is 35.3 Å². The third kappa shape index (κ3) is 7.23.